The average molecular weight is 453 g/mol. The Balaban J connectivity index is 1.92. The molecular formula is C25H28N2O4S. The highest BCUT2D eigenvalue weighted by atomic mass is 32.2. The minimum absolute atomic E-state index is 0.00274. The molecule has 0 saturated carbocycles. The van der Waals surface area contributed by atoms with Crippen LogP contribution in [0.4, 0.5) is 5.69 Å². The number of methoxy groups -OCH3 is 1. The van der Waals surface area contributed by atoms with Gasteiger partial charge in [0.25, 0.3) is 0 Å². The van der Waals surface area contributed by atoms with Gasteiger partial charge in [0.1, 0.15) is 16.7 Å². The summed E-state index contributed by atoms with van der Waals surface area (Å²) >= 11 is 0. The van der Waals surface area contributed by atoms with Gasteiger partial charge in [0.2, 0.25) is 15.9 Å². The zero-order valence-corrected chi connectivity index (χ0v) is 19.5. The van der Waals surface area contributed by atoms with Crippen molar-refractivity contribution in [1.29, 1.82) is 0 Å². The summed E-state index contributed by atoms with van der Waals surface area (Å²) in [4.78, 5) is 13.2. The highest BCUT2D eigenvalue weighted by molar-refractivity contribution is 7.89. The Morgan fingerprint density at radius 1 is 0.938 bits per heavy atom. The molecule has 0 heterocycles. The van der Waals surface area contributed by atoms with Gasteiger partial charge in [0.05, 0.1) is 7.11 Å². The molecule has 0 spiro atoms. The van der Waals surface area contributed by atoms with Crippen molar-refractivity contribution in [2.45, 2.75) is 38.1 Å². The van der Waals surface area contributed by atoms with Crippen molar-refractivity contribution in [1.82, 2.24) is 4.72 Å². The average Bonchev–Trinajstić information content (AvgIpc) is 2.76. The normalized spacial score (nSPS) is 12.2. The molecule has 3 aromatic carbocycles. The van der Waals surface area contributed by atoms with Crippen LogP contribution in [0, 0.1) is 20.8 Å². The number of carbonyl (C=O) groups is 1. The third kappa shape index (κ3) is 5.75. The van der Waals surface area contributed by atoms with Crippen molar-refractivity contribution in [2.75, 3.05) is 12.4 Å². The topological polar surface area (TPSA) is 84.5 Å². The third-order valence-electron chi connectivity index (χ3n) is 5.28. The van der Waals surface area contributed by atoms with Gasteiger partial charge in [0.15, 0.2) is 0 Å². The molecule has 7 heteroatoms. The van der Waals surface area contributed by atoms with Gasteiger partial charge in [-0.25, -0.2) is 8.42 Å². The predicted octanol–water partition coefficient (Wildman–Crippen LogP) is 4.15. The summed E-state index contributed by atoms with van der Waals surface area (Å²) in [5.41, 5.74) is 4.36. The van der Waals surface area contributed by atoms with Crippen molar-refractivity contribution in [3.05, 3.63) is 89.0 Å². The molecule has 0 unspecified atom stereocenters. The molecule has 1 amide bonds. The zero-order valence-electron chi connectivity index (χ0n) is 18.7. The quantitative estimate of drug-likeness (QED) is 0.538. The first-order valence-corrected chi connectivity index (χ1v) is 11.8. The number of anilines is 1. The molecule has 0 radical (unpaired) electrons. The van der Waals surface area contributed by atoms with E-state index in [4.69, 9.17) is 4.74 Å². The van der Waals surface area contributed by atoms with E-state index in [1.54, 1.807) is 25.1 Å². The number of amides is 1. The molecule has 3 aromatic rings. The Labute approximate surface area is 189 Å². The Kier molecular flexibility index (Phi) is 7.33. The van der Waals surface area contributed by atoms with Crippen LogP contribution in [0.1, 0.15) is 22.3 Å². The van der Waals surface area contributed by atoms with Crippen LogP contribution < -0.4 is 14.8 Å². The van der Waals surface area contributed by atoms with Crippen LogP contribution in [-0.4, -0.2) is 27.5 Å². The van der Waals surface area contributed by atoms with Gasteiger partial charge in [-0.2, -0.15) is 4.72 Å². The molecule has 6 nitrogen and oxygen atoms in total. The van der Waals surface area contributed by atoms with Gasteiger partial charge in [-0.05, 0) is 73.7 Å². The molecule has 0 fully saturated rings. The molecule has 3 rings (SSSR count). The molecule has 0 bridgehead atoms. The second-order valence-electron chi connectivity index (χ2n) is 7.81. The Hall–Kier alpha value is -3.16. The Bertz CT molecular complexity index is 1210. The van der Waals surface area contributed by atoms with Gasteiger partial charge in [-0.3, -0.25) is 4.79 Å². The molecule has 0 saturated heterocycles. The molecule has 0 aliphatic carbocycles. The van der Waals surface area contributed by atoms with Crippen molar-refractivity contribution in [3.63, 3.8) is 0 Å². The summed E-state index contributed by atoms with van der Waals surface area (Å²) in [5, 5.41) is 2.85. The fourth-order valence-electron chi connectivity index (χ4n) is 3.33. The smallest absolute Gasteiger partial charge is 0.245 e. The molecule has 0 aromatic heterocycles. The van der Waals surface area contributed by atoms with Crippen LogP contribution in [0.2, 0.25) is 0 Å². The monoisotopic (exact) mass is 452 g/mol. The summed E-state index contributed by atoms with van der Waals surface area (Å²) in [6.07, 6.45) is 0.199. The van der Waals surface area contributed by atoms with E-state index in [-0.39, 0.29) is 17.1 Å². The molecule has 1 atom stereocenters. The number of nitrogens with one attached hydrogen (secondary N) is 2. The molecular weight excluding hydrogens is 424 g/mol. The number of hydrogen-bond donors (Lipinski definition) is 2. The first-order chi connectivity index (χ1) is 15.2. The van der Waals surface area contributed by atoms with Gasteiger partial charge in [-0.15, -0.1) is 0 Å². The number of rotatable bonds is 8. The van der Waals surface area contributed by atoms with Crippen LogP contribution in [0.5, 0.6) is 5.75 Å². The summed E-state index contributed by atoms with van der Waals surface area (Å²) in [6, 6.07) is 18.8. The Morgan fingerprint density at radius 3 is 2.31 bits per heavy atom. The van der Waals surface area contributed by atoms with Crippen LogP contribution in [0.25, 0.3) is 0 Å². The Morgan fingerprint density at radius 2 is 1.66 bits per heavy atom. The van der Waals surface area contributed by atoms with Crippen LogP contribution in [0.15, 0.2) is 71.6 Å². The summed E-state index contributed by atoms with van der Waals surface area (Å²) < 4.78 is 34.3. The van der Waals surface area contributed by atoms with Gasteiger partial charge < -0.3 is 10.1 Å². The SMILES string of the molecule is COc1ccc(C)cc1S(=O)(=O)N[C@H](Cc1ccccc1)C(=O)Nc1ccc(C)c(C)c1. The number of hydrogen-bond acceptors (Lipinski definition) is 4. The second-order valence-corrected chi connectivity index (χ2v) is 9.49. The maximum Gasteiger partial charge on any atom is 0.245 e. The summed E-state index contributed by atoms with van der Waals surface area (Å²) in [5.74, 6) is -0.219. The van der Waals surface area contributed by atoms with E-state index in [0.717, 1.165) is 22.3 Å². The zero-order chi connectivity index (χ0) is 23.3. The van der Waals surface area contributed by atoms with Gasteiger partial charge >= 0.3 is 0 Å². The van der Waals surface area contributed by atoms with E-state index in [0.29, 0.717) is 5.69 Å². The van der Waals surface area contributed by atoms with E-state index in [9.17, 15) is 13.2 Å². The standard InChI is InChI=1S/C25H28N2O4S/c1-17-10-13-23(31-4)24(14-17)32(29,30)27-22(16-20-8-6-5-7-9-20)25(28)26-21-12-11-18(2)19(3)15-21/h5-15,22,27H,16H2,1-4H3,(H,26,28)/t22-/m1/s1. The largest absolute Gasteiger partial charge is 0.495 e. The number of sulfonamides is 1. The van der Waals surface area contributed by atoms with Gasteiger partial charge in [0, 0.05) is 5.69 Å². The highest BCUT2D eigenvalue weighted by Crippen LogP contribution is 2.25. The van der Waals surface area contributed by atoms with Crippen LogP contribution in [-0.2, 0) is 21.2 Å². The fourth-order valence-corrected chi connectivity index (χ4v) is 4.78. The first kappa shape index (κ1) is 23.5. The predicted molar refractivity (Wildman–Crippen MR) is 127 cm³/mol. The lowest BCUT2D eigenvalue weighted by molar-refractivity contribution is -0.117. The maximum atomic E-state index is 13.2. The molecule has 168 valence electrons. The number of aryl methyl sites for hydroxylation is 3. The lowest BCUT2D eigenvalue weighted by Crippen LogP contribution is -2.45. The van der Waals surface area contributed by atoms with E-state index >= 15 is 0 Å². The number of benzene rings is 3. The van der Waals surface area contributed by atoms with Crippen molar-refractivity contribution >= 4 is 21.6 Å². The minimum atomic E-state index is -4.03. The third-order valence-corrected chi connectivity index (χ3v) is 6.77. The van der Waals surface area contributed by atoms with Crippen LogP contribution in [0.3, 0.4) is 0 Å². The molecule has 32 heavy (non-hydrogen) atoms. The van der Waals surface area contributed by atoms with E-state index in [1.807, 2.05) is 56.3 Å². The second kappa shape index (κ2) is 9.97. The first-order valence-electron chi connectivity index (χ1n) is 10.3. The molecule has 0 aliphatic heterocycles. The number of ether oxygens (including phenoxy) is 1. The van der Waals surface area contributed by atoms with Crippen LogP contribution >= 0.6 is 0 Å². The van der Waals surface area contributed by atoms with Crippen molar-refractivity contribution in [3.8, 4) is 5.75 Å². The maximum absolute atomic E-state index is 13.2. The summed E-state index contributed by atoms with van der Waals surface area (Å²) in [7, 11) is -2.62. The van der Waals surface area contributed by atoms with E-state index in [2.05, 4.69) is 10.0 Å². The molecule has 0 aliphatic rings. The lowest BCUT2D eigenvalue weighted by Gasteiger charge is -2.20. The summed E-state index contributed by atoms with van der Waals surface area (Å²) in [6.45, 7) is 5.74. The fraction of sp³-hybridized carbons (Fsp3) is 0.240. The van der Waals surface area contributed by atoms with E-state index < -0.39 is 22.0 Å². The minimum Gasteiger partial charge on any atom is -0.495 e. The number of carbonyl (C=O) groups excluding carboxylic acids is 1. The van der Waals surface area contributed by atoms with Crippen molar-refractivity contribution < 1.29 is 17.9 Å². The highest BCUT2D eigenvalue weighted by Gasteiger charge is 2.28. The molecule has 2 N–H and O–H groups in total. The lowest BCUT2D eigenvalue weighted by atomic mass is 10.1. The van der Waals surface area contributed by atoms with Crippen molar-refractivity contribution in [2.24, 2.45) is 0 Å². The van der Waals surface area contributed by atoms with Gasteiger partial charge in [-0.1, -0.05) is 42.5 Å². The van der Waals surface area contributed by atoms with E-state index in [1.165, 1.54) is 13.2 Å².